The van der Waals surface area contributed by atoms with Crippen LogP contribution in [-0.4, -0.2) is 35.5 Å². The Morgan fingerprint density at radius 1 is 0.595 bits per heavy atom. The molecular weight excluding hydrogens is 503 g/mol. The third-order valence-electron chi connectivity index (χ3n) is 11.7. The number of halogens is 2. The summed E-state index contributed by atoms with van der Waals surface area (Å²) in [5, 5.41) is 0. The number of hydrogen-bond acceptors (Lipinski definition) is 3. The van der Waals surface area contributed by atoms with Crippen LogP contribution in [0.1, 0.15) is 129 Å². The third-order valence-corrected chi connectivity index (χ3v) is 13.2. The molecule has 0 radical (unpaired) electrons. The fourth-order valence-corrected chi connectivity index (χ4v) is 10.6. The van der Waals surface area contributed by atoms with Gasteiger partial charge in [-0.1, -0.05) is 37.0 Å². The molecule has 212 valence electrons. The predicted octanol–water partition coefficient (Wildman–Crippen LogP) is 9.07. The van der Waals surface area contributed by atoms with Gasteiger partial charge < -0.3 is 9.47 Å². The first-order valence-electron chi connectivity index (χ1n) is 16.0. The summed E-state index contributed by atoms with van der Waals surface area (Å²) < 4.78 is 11.2. The second-order valence-corrected chi connectivity index (χ2v) is 14.9. The van der Waals surface area contributed by atoms with E-state index in [1.807, 2.05) is 0 Å². The highest BCUT2D eigenvalue weighted by molar-refractivity contribution is 6.55. The molecule has 0 bridgehead atoms. The second kappa shape index (κ2) is 12.0. The lowest BCUT2D eigenvalue weighted by Gasteiger charge is -2.67. The van der Waals surface area contributed by atoms with Crippen molar-refractivity contribution < 1.29 is 14.3 Å². The summed E-state index contributed by atoms with van der Waals surface area (Å²) in [4.78, 5) is 14.0. The van der Waals surface area contributed by atoms with Gasteiger partial charge in [0.05, 0.1) is 23.0 Å². The molecule has 3 nitrogen and oxygen atoms in total. The lowest BCUT2D eigenvalue weighted by Crippen LogP contribution is -2.74. The Bertz CT molecular complexity index is 690. The van der Waals surface area contributed by atoms with E-state index < -0.39 is 15.2 Å². The third kappa shape index (κ3) is 5.19. The molecule has 0 unspecified atom stereocenters. The Kier molecular flexibility index (Phi) is 9.27. The lowest BCUT2D eigenvalue weighted by molar-refractivity contribution is -0.173. The minimum atomic E-state index is -0.871. The number of carbonyl (C=O) groups excluding carboxylic acids is 1. The van der Waals surface area contributed by atoms with Gasteiger partial charge in [0, 0.05) is 13.2 Å². The summed E-state index contributed by atoms with van der Waals surface area (Å²) in [7, 11) is 0. The van der Waals surface area contributed by atoms with Crippen molar-refractivity contribution in [1.82, 2.24) is 0 Å². The zero-order valence-electron chi connectivity index (χ0n) is 23.6. The van der Waals surface area contributed by atoms with E-state index in [-0.39, 0.29) is 0 Å². The maximum Gasteiger partial charge on any atom is 0.151 e. The first kappa shape index (κ1) is 28.7. The maximum atomic E-state index is 14.0. The molecule has 37 heavy (non-hydrogen) atoms. The molecule has 5 aliphatic rings. The standard InChI is InChI=1S/C32H52Cl2O3/c1-3-21-36-27-9-5-23(6-10-27)25-13-17-30(18-14-25)29(35)31(32(30,33)34)19-15-26(16-20-31)24-7-11-28(12-8-24)37-22-4-2/h23-28H,3-22H2,1-2H3/t23-,24-,25?,26?,27-,28-,30?,31?. The fraction of sp³-hybridized carbons (Fsp3) is 0.969. The Morgan fingerprint density at radius 3 is 1.22 bits per heavy atom. The van der Waals surface area contributed by atoms with Gasteiger partial charge in [-0.05, 0) is 139 Å². The van der Waals surface area contributed by atoms with Gasteiger partial charge in [0.2, 0.25) is 0 Å². The number of carbonyl (C=O) groups is 1. The number of alkyl halides is 2. The summed E-state index contributed by atoms with van der Waals surface area (Å²) >= 11 is 14.6. The van der Waals surface area contributed by atoms with Crippen molar-refractivity contribution in [3.8, 4) is 0 Å². The minimum absolute atomic E-state index is 0.440. The molecule has 5 fully saturated rings. The zero-order valence-corrected chi connectivity index (χ0v) is 25.1. The molecule has 5 saturated carbocycles. The highest BCUT2D eigenvalue weighted by Gasteiger charge is 2.79. The quantitative estimate of drug-likeness (QED) is 0.280. The van der Waals surface area contributed by atoms with Gasteiger partial charge in [-0.15, -0.1) is 0 Å². The van der Waals surface area contributed by atoms with Crippen molar-refractivity contribution >= 4 is 29.0 Å². The lowest BCUT2D eigenvalue weighted by atomic mass is 9.41. The summed E-state index contributed by atoms with van der Waals surface area (Å²) in [6.07, 6.45) is 21.2. The largest absolute Gasteiger partial charge is 0.378 e. The van der Waals surface area contributed by atoms with Gasteiger partial charge in [-0.2, -0.15) is 0 Å². The van der Waals surface area contributed by atoms with Crippen molar-refractivity contribution in [2.24, 2.45) is 34.5 Å². The summed E-state index contributed by atoms with van der Waals surface area (Å²) in [6.45, 7) is 6.17. The SMILES string of the molecule is CCCO[C@H]1CC[C@H](C2CCC3(CC2)C(=O)C2(CCC([C@H]4CC[C@H](OCCC)CC4)CC2)C3(Cl)Cl)CC1. The monoisotopic (exact) mass is 554 g/mol. The van der Waals surface area contributed by atoms with Crippen LogP contribution in [0.3, 0.4) is 0 Å². The molecule has 0 heterocycles. The summed E-state index contributed by atoms with van der Waals surface area (Å²) in [6, 6.07) is 0. The molecule has 5 aliphatic carbocycles. The van der Waals surface area contributed by atoms with Crippen LogP contribution >= 0.6 is 23.2 Å². The summed E-state index contributed by atoms with van der Waals surface area (Å²) in [5.41, 5.74) is -0.953. The van der Waals surface area contributed by atoms with E-state index in [0.29, 0.717) is 18.0 Å². The van der Waals surface area contributed by atoms with Crippen molar-refractivity contribution in [2.45, 2.75) is 146 Å². The van der Waals surface area contributed by atoms with Crippen molar-refractivity contribution in [3.05, 3.63) is 0 Å². The first-order chi connectivity index (χ1) is 17.9. The topological polar surface area (TPSA) is 35.5 Å². The predicted molar refractivity (Wildman–Crippen MR) is 152 cm³/mol. The van der Waals surface area contributed by atoms with Crippen molar-refractivity contribution in [3.63, 3.8) is 0 Å². The van der Waals surface area contributed by atoms with E-state index in [0.717, 1.165) is 101 Å². The molecule has 0 saturated heterocycles. The van der Waals surface area contributed by atoms with Crippen LogP contribution in [0.25, 0.3) is 0 Å². The van der Waals surface area contributed by atoms with Crippen LogP contribution in [0.4, 0.5) is 0 Å². The van der Waals surface area contributed by atoms with Crippen LogP contribution in [0.15, 0.2) is 0 Å². The molecule has 0 N–H and O–H groups in total. The number of rotatable bonds is 8. The van der Waals surface area contributed by atoms with Crippen LogP contribution in [0.2, 0.25) is 0 Å². The van der Waals surface area contributed by atoms with Gasteiger partial charge in [0.25, 0.3) is 0 Å². The van der Waals surface area contributed by atoms with Crippen molar-refractivity contribution in [2.75, 3.05) is 13.2 Å². The molecule has 0 aromatic carbocycles. The Hall–Kier alpha value is 0.170. The molecule has 0 aromatic heterocycles. The number of ketones is 1. The highest BCUT2D eigenvalue weighted by Crippen LogP contribution is 2.75. The van der Waals surface area contributed by atoms with Gasteiger partial charge in [0.1, 0.15) is 4.33 Å². The van der Waals surface area contributed by atoms with E-state index in [2.05, 4.69) is 13.8 Å². The Morgan fingerprint density at radius 2 is 0.919 bits per heavy atom. The van der Waals surface area contributed by atoms with Gasteiger partial charge in [-0.3, -0.25) is 4.79 Å². The molecule has 5 rings (SSSR count). The van der Waals surface area contributed by atoms with E-state index in [9.17, 15) is 4.79 Å². The molecule has 0 aromatic rings. The van der Waals surface area contributed by atoms with E-state index in [1.165, 1.54) is 51.4 Å². The average Bonchev–Trinajstić information content (AvgIpc) is 2.95. The van der Waals surface area contributed by atoms with Crippen LogP contribution in [0, 0.1) is 34.5 Å². The fourth-order valence-electron chi connectivity index (χ4n) is 9.45. The molecular formula is C32H52Cl2O3. The van der Waals surface area contributed by atoms with Gasteiger partial charge in [0.15, 0.2) is 5.78 Å². The van der Waals surface area contributed by atoms with Crippen LogP contribution in [0.5, 0.6) is 0 Å². The minimum Gasteiger partial charge on any atom is -0.378 e. The molecule has 0 atom stereocenters. The number of hydrogen-bond donors (Lipinski definition) is 0. The molecule has 5 heteroatoms. The van der Waals surface area contributed by atoms with Gasteiger partial charge in [-0.25, -0.2) is 0 Å². The van der Waals surface area contributed by atoms with Crippen LogP contribution in [-0.2, 0) is 14.3 Å². The Labute approximate surface area is 236 Å². The average molecular weight is 556 g/mol. The molecule has 0 aliphatic heterocycles. The van der Waals surface area contributed by atoms with E-state index in [4.69, 9.17) is 32.7 Å². The summed E-state index contributed by atoms with van der Waals surface area (Å²) in [5.74, 6) is 3.49. The molecule has 2 spiro atoms. The van der Waals surface area contributed by atoms with Crippen molar-refractivity contribution in [1.29, 1.82) is 0 Å². The first-order valence-corrected chi connectivity index (χ1v) is 16.8. The number of Topliss-reactive ketones (excluding diaryl/α,β-unsaturated/α-hetero) is 1. The van der Waals surface area contributed by atoms with E-state index in [1.54, 1.807) is 0 Å². The Balaban J connectivity index is 1.11. The van der Waals surface area contributed by atoms with Gasteiger partial charge >= 0.3 is 0 Å². The number of ether oxygens (including phenoxy) is 2. The smallest absolute Gasteiger partial charge is 0.151 e. The normalized spacial score (nSPS) is 44.2. The van der Waals surface area contributed by atoms with Crippen LogP contribution < -0.4 is 0 Å². The molecule has 0 amide bonds. The maximum absolute atomic E-state index is 14.0. The van der Waals surface area contributed by atoms with E-state index >= 15 is 0 Å². The highest BCUT2D eigenvalue weighted by atomic mass is 35.5. The second-order valence-electron chi connectivity index (χ2n) is 13.6. The zero-order chi connectivity index (χ0) is 26.1.